The molecule has 4 aliphatic carbocycles. The summed E-state index contributed by atoms with van der Waals surface area (Å²) in [5.74, 6) is 2.32. The SMILES string of the molecule is C=CCn1cc(CNC23C[C@H]4C[C@H](C2)CC(n2nnc(C)n2)(C4)C3)c(C)n1. The second-order valence-corrected chi connectivity index (χ2v) is 9.20. The van der Waals surface area contributed by atoms with Gasteiger partial charge in [-0.15, -0.1) is 16.8 Å². The second-order valence-electron chi connectivity index (χ2n) is 9.20. The maximum atomic E-state index is 4.63. The smallest absolute Gasteiger partial charge is 0.171 e. The Labute approximate surface area is 160 Å². The molecular weight excluding hydrogens is 338 g/mol. The first kappa shape index (κ1) is 17.1. The molecule has 1 N–H and O–H groups in total. The fourth-order valence-electron chi connectivity index (χ4n) is 6.38. The van der Waals surface area contributed by atoms with Crippen LogP contribution in [0.2, 0.25) is 0 Å². The zero-order valence-electron chi connectivity index (χ0n) is 16.4. The van der Waals surface area contributed by atoms with Crippen LogP contribution in [0, 0.1) is 25.7 Å². The molecule has 0 saturated heterocycles. The molecule has 4 saturated carbocycles. The normalized spacial score (nSPS) is 34.3. The summed E-state index contributed by atoms with van der Waals surface area (Å²) in [5, 5.41) is 21.8. The van der Waals surface area contributed by atoms with E-state index in [4.69, 9.17) is 0 Å². The molecule has 0 radical (unpaired) electrons. The van der Waals surface area contributed by atoms with Gasteiger partial charge in [0.15, 0.2) is 5.82 Å². The number of allylic oxidation sites excluding steroid dienone is 1. The standard InChI is InChI=1S/C20H29N7/c1-4-5-26-12-18(14(2)23-26)11-21-19-7-16-6-17(8-19)10-20(9-16,13-19)27-24-15(3)22-25-27/h4,12,16-17,21H,1,5-11,13H2,2-3H3/t16-,17-,19?,20?/m1/s1. The first-order valence-corrected chi connectivity index (χ1v) is 10.2. The number of hydrogen-bond donors (Lipinski definition) is 1. The summed E-state index contributed by atoms with van der Waals surface area (Å²) in [6, 6.07) is 0. The molecule has 27 heavy (non-hydrogen) atoms. The predicted octanol–water partition coefficient (Wildman–Crippen LogP) is 2.51. The summed E-state index contributed by atoms with van der Waals surface area (Å²) >= 11 is 0. The highest BCUT2D eigenvalue weighted by molar-refractivity contribution is 5.18. The van der Waals surface area contributed by atoms with E-state index in [1.165, 1.54) is 37.7 Å². The third-order valence-electron chi connectivity index (χ3n) is 6.99. The first-order chi connectivity index (χ1) is 13.0. The molecular formula is C20H29N7. The third-order valence-corrected chi connectivity index (χ3v) is 6.99. The van der Waals surface area contributed by atoms with E-state index >= 15 is 0 Å². The van der Waals surface area contributed by atoms with Gasteiger partial charge in [0, 0.05) is 23.8 Å². The minimum Gasteiger partial charge on any atom is -0.307 e. The summed E-state index contributed by atoms with van der Waals surface area (Å²) in [5.41, 5.74) is 2.65. The van der Waals surface area contributed by atoms with Crippen molar-refractivity contribution < 1.29 is 0 Å². The molecule has 0 spiro atoms. The van der Waals surface area contributed by atoms with Crippen LogP contribution in [0.3, 0.4) is 0 Å². The van der Waals surface area contributed by atoms with Gasteiger partial charge in [0.2, 0.25) is 0 Å². The summed E-state index contributed by atoms with van der Waals surface area (Å²) in [4.78, 5) is 1.96. The van der Waals surface area contributed by atoms with E-state index in [1.807, 2.05) is 22.5 Å². The van der Waals surface area contributed by atoms with Gasteiger partial charge in [-0.3, -0.25) is 4.68 Å². The van der Waals surface area contributed by atoms with E-state index in [1.54, 1.807) is 0 Å². The fourth-order valence-corrected chi connectivity index (χ4v) is 6.38. The third kappa shape index (κ3) is 2.83. The van der Waals surface area contributed by atoms with E-state index in [-0.39, 0.29) is 11.1 Å². The Morgan fingerprint density at radius 2 is 2.00 bits per heavy atom. The average Bonchev–Trinajstić information content (AvgIpc) is 3.18. The van der Waals surface area contributed by atoms with Crippen molar-refractivity contribution in [1.29, 1.82) is 0 Å². The number of tetrazole rings is 1. The van der Waals surface area contributed by atoms with Crippen molar-refractivity contribution in [2.24, 2.45) is 11.8 Å². The molecule has 0 aliphatic heterocycles. The van der Waals surface area contributed by atoms with E-state index in [2.05, 4.69) is 45.5 Å². The van der Waals surface area contributed by atoms with Gasteiger partial charge in [-0.25, -0.2) is 0 Å². The van der Waals surface area contributed by atoms with Gasteiger partial charge < -0.3 is 5.32 Å². The van der Waals surface area contributed by atoms with Crippen molar-refractivity contribution >= 4 is 0 Å². The molecule has 0 unspecified atom stereocenters. The molecule has 2 aromatic heterocycles. The summed E-state index contributed by atoms with van der Waals surface area (Å²) < 4.78 is 1.97. The molecule has 4 fully saturated rings. The highest BCUT2D eigenvalue weighted by atomic mass is 15.6. The van der Waals surface area contributed by atoms with Gasteiger partial charge in [-0.05, 0) is 69.4 Å². The number of rotatable bonds is 6. The summed E-state index contributed by atoms with van der Waals surface area (Å²) in [7, 11) is 0. The molecule has 4 bridgehead atoms. The Hall–Kier alpha value is -2.02. The molecule has 2 atom stereocenters. The number of aromatic nitrogens is 6. The first-order valence-electron chi connectivity index (χ1n) is 10.2. The van der Waals surface area contributed by atoms with Crippen LogP contribution in [0.25, 0.3) is 0 Å². The Kier molecular flexibility index (Phi) is 3.79. The summed E-state index contributed by atoms with van der Waals surface area (Å²) in [6.45, 7) is 9.48. The predicted molar refractivity (Wildman–Crippen MR) is 102 cm³/mol. The lowest BCUT2D eigenvalue weighted by atomic mass is 9.50. The topological polar surface area (TPSA) is 73.5 Å². The van der Waals surface area contributed by atoms with E-state index < -0.39 is 0 Å². The highest BCUT2D eigenvalue weighted by Crippen LogP contribution is 2.60. The molecule has 4 aliphatic rings. The van der Waals surface area contributed by atoms with E-state index in [0.29, 0.717) is 0 Å². The fraction of sp³-hybridized carbons (Fsp3) is 0.700. The van der Waals surface area contributed by atoms with Crippen molar-refractivity contribution in [3.63, 3.8) is 0 Å². The summed E-state index contributed by atoms with van der Waals surface area (Å²) in [6.07, 6.45) is 11.5. The van der Waals surface area contributed by atoms with Crippen molar-refractivity contribution in [1.82, 2.24) is 35.3 Å². The van der Waals surface area contributed by atoms with Crippen molar-refractivity contribution in [3.05, 3.63) is 35.9 Å². The Morgan fingerprint density at radius 3 is 2.67 bits per heavy atom. The largest absolute Gasteiger partial charge is 0.307 e. The van der Waals surface area contributed by atoms with Crippen molar-refractivity contribution in [3.8, 4) is 0 Å². The lowest BCUT2D eigenvalue weighted by Gasteiger charge is -2.61. The molecule has 0 aromatic carbocycles. The number of aryl methyl sites for hydroxylation is 2. The van der Waals surface area contributed by atoms with Gasteiger partial charge in [-0.2, -0.15) is 9.90 Å². The quantitative estimate of drug-likeness (QED) is 0.794. The number of nitrogens with zero attached hydrogens (tertiary/aromatic N) is 6. The van der Waals surface area contributed by atoms with Gasteiger partial charge in [0.05, 0.1) is 17.8 Å². The molecule has 2 aromatic rings. The van der Waals surface area contributed by atoms with Crippen LogP contribution in [0.5, 0.6) is 0 Å². The van der Waals surface area contributed by atoms with Crippen LogP contribution >= 0.6 is 0 Å². The monoisotopic (exact) mass is 367 g/mol. The second kappa shape index (κ2) is 5.99. The maximum absolute atomic E-state index is 4.63. The molecule has 144 valence electrons. The van der Waals surface area contributed by atoms with Crippen molar-refractivity contribution in [2.45, 2.75) is 76.5 Å². The molecule has 2 heterocycles. The maximum Gasteiger partial charge on any atom is 0.171 e. The zero-order valence-corrected chi connectivity index (χ0v) is 16.4. The van der Waals surface area contributed by atoms with Crippen LogP contribution in [-0.2, 0) is 18.6 Å². The zero-order chi connectivity index (χ0) is 18.6. The molecule has 7 heteroatoms. The van der Waals surface area contributed by atoms with E-state index in [9.17, 15) is 0 Å². The van der Waals surface area contributed by atoms with Crippen LogP contribution < -0.4 is 5.32 Å². The highest BCUT2D eigenvalue weighted by Gasteiger charge is 2.59. The van der Waals surface area contributed by atoms with Gasteiger partial charge in [-0.1, -0.05) is 6.08 Å². The number of nitrogens with one attached hydrogen (secondary N) is 1. The lowest BCUT2D eigenvalue weighted by molar-refractivity contribution is -0.0854. The van der Waals surface area contributed by atoms with Gasteiger partial charge in [0.1, 0.15) is 0 Å². The molecule has 7 nitrogen and oxygen atoms in total. The van der Waals surface area contributed by atoms with Crippen LogP contribution in [0.1, 0.15) is 55.6 Å². The minimum atomic E-state index is 0.0560. The van der Waals surface area contributed by atoms with Crippen LogP contribution in [0.4, 0.5) is 0 Å². The Morgan fingerprint density at radius 1 is 1.22 bits per heavy atom. The van der Waals surface area contributed by atoms with Crippen LogP contribution in [0.15, 0.2) is 18.9 Å². The van der Waals surface area contributed by atoms with Crippen LogP contribution in [-0.4, -0.2) is 35.5 Å². The Balaban J connectivity index is 1.39. The van der Waals surface area contributed by atoms with E-state index in [0.717, 1.165) is 42.9 Å². The minimum absolute atomic E-state index is 0.0560. The molecule has 6 rings (SSSR count). The van der Waals surface area contributed by atoms with Gasteiger partial charge in [0.25, 0.3) is 0 Å². The van der Waals surface area contributed by atoms with Gasteiger partial charge >= 0.3 is 0 Å². The molecule has 0 amide bonds. The average molecular weight is 368 g/mol. The lowest BCUT2D eigenvalue weighted by Crippen LogP contribution is -2.65. The Bertz CT molecular complexity index is 850. The van der Waals surface area contributed by atoms with Crippen molar-refractivity contribution in [2.75, 3.05) is 0 Å². The number of hydrogen-bond acceptors (Lipinski definition) is 5.